The van der Waals surface area contributed by atoms with Crippen LogP contribution in [0.15, 0.2) is 18.2 Å². The van der Waals surface area contributed by atoms with Gasteiger partial charge in [-0.05, 0) is 75.1 Å². The summed E-state index contributed by atoms with van der Waals surface area (Å²) in [6, 6.07) is 4.08. The summed E-state index contributed by atoms with van der Waals surface area (Å²) >= 11 is 0. The minimum absolute atomic E-state index is 0.0493. The molecule has 6 heteroatoms. The van der Waals surface area contributed by atoms with Gasteiger partial charge < -0.3 is 10.0 Å². The summed E-state index contributed by atoms with van der Waals surface area (Å²) in [4.78, 5) is 14.4. The highest BCUT2D eigenvalue weighted by Crippen LogP contribution is 2.53. The Hall–Kier alpha value is -1.56. The Balaban J connectivity index is 1.37. The van der Waals surface area contributed by atoms with Gasteiger partial charge >= 0.3 is 6.18 Å². The molecule has 1 N–H and O–H groups in total. The standard InChI is InChI=1S/C21H26F3NO2/c1-13-7-16(21(22,23)24)3-4-17(13)14-5-6-20(10-14)11-25(12-20)18(26)15-8-19(2,27)9-15/h3-4,7,14-15,27H,5-6,8-12H2,1-2H3/t14?,15-,19+. The van der Waals surface area contributed by atoms with Crippen molar-refractivity contribution in [2.75, 3.05) is 13.1 Å². The van der Waals surface area contributed by atoms with E-state index in [-0.39, 0.29) is 23.2 Å². The van der Waals surface area contributed by atoms with E-state index in [0.29, 0.717) is 18.4 Å². The fourth-order valence-electron chi connectivity index (χ4n) is 5.42. The van der Waals surface area contributed by atoms with E-state index >= 15 is 0 Å². The molecular weight excluding hydrogens is 355 g/mol. The molecule has 0 radical (unpaired) electrons. The minimum Gasteiger partial charge on any atom is -0.390 e. The Morgan fingerprint density at radius 2 is 1.89 bits per heavy atom. The molecule has 1 aromatic carbocycles. The van der Waals surface area contributed by atoms with Crippen LogP contribution in [0.1, 0.15) is 61.6 Å². The van der Waals surface area contributed by atoms with Crippen LogP contribution < -0.4 is 0 Å². The number of benzene rings is 1. The van der Waals surface area contributed by atoms with E-state index in [1.165, 1.54) is 12.1 Å². The van der Waals surface area contributed by atoms with Crippen LogP contribution >= 0.6 is 0 Å². The summed E-state index contributed by atoms with van der Waals surface area (Å²) in [6.45, 7) is 5.03. The number of halogens is 3. The van der Waals surface area contributed by atoms with Crippen LogP contribution in [0.5, 0.6) is 0 Å². The van der Waals surface area contributed by atoms with Gasteiger partial charge in [-0.3, -0.25) is 4.79 Å². The third-order valence-electron chi connectivity index (χ3n) is 6.83. The molecule has 1 aromatic rings. The molecule has 2 saturated carbocycles. The van der Waals surface area contributed by atoms with Crippen molar-refractivity contribution in [3.05, 3.63) is 34.9 Å². The molecule has 2 aliphatic carbocycles. The van der Waals surface area contributed by atoms with Crippen LogP contribution in [0.3, 0.4) is 0 Å². The van der Waals surface area contributed by atoms with Crippen LogP contribution in [-0.4, -0.2) is 34.6 Å². The molecule has 1 spiro atoms. The predicted octanol–water partition coefficient (Wildman–Crippen LogP) is 4.27. The maximum absolute atomic E-state index is 12.9. The monoisotopic (exact) mass is 381 g/mol. The summed E-state index contributed by atoms with van der Waals surface area (Å²) in [7, 11) is 0. The molecule has 3 nitrogen and oxygen atoms in total. The van der Waals surface area contributed by atoms with Crippen molar-refractivity contribution in [1.82, 2.24) is 4.90 Å². The maximum Gasteiger partial charge on any atom is 0.416 e. The number of carbonyl (C=O) groups is 1. The van der Waals surface area contributed by atoms with Gasteiger partial charge in [-0.1, -0.05) is 6.07 Å². The highest BCUT2D eigenvalue weighted by molar-refractivity contribution is 5.81. The average Bonchev–Trinajstić information content (AvgIpc) is 2.94. The zero-order valence-corrected chi connectivity index (χ0v) is 15.8. The van der Waals surface area contributed by atoms with Crippen LogP contribution in [0.2, 0.25) is 0 Å². The van der Waals surface area contributed by atoms with E-state index < -0.39 is 17.3 Å². The molecular formula is C21H26F3NO2. The lowest BCUT2D eigenvalue weighted by atomic mass is 9.69. The van der Waals surface area contributed by atoms with Gasteiger partial charge in [0.15, 0.2) is 0 Å². The fraction of sp³-hybridized carbons (Fsp3) is 0.667. The van der Waals surface area contributed by atoms with Crippen molar-refractivity contribution in [3.8, 4) is 0 Å². The smallest absolute Gasteiger partial charge is 0.390 e. The molecule has 27 heavy (non-hydrogen) atoms. The quantitative estimate of drug-likeness (QED) is 0.831. The van der Waals surface area contributed by atoms with Crippen molar-refractivity contribution >= 4 is 5.91 Å². The van der Waals surface area contributed by atoms with Gasteiger partial charge in [-0.25, -0.2) is 0 Å². The highest BCUT2D eigenvalue weighted by Gasteiger charge is 2.53. The zero-order valence-electron chi connectivity index (χ0n) is 15.8. The highest BCUT2D eigenvalue weighted by atomic mass is 19.4. The summed E-state index contributed by atoms with van der Waals surface area (Å²) in [5.74, 6) is 0.377. The number of alkyl halides is 3. The molecule has 0 aromatic heterocycles. The molecule has 1 saturated heterocycles. The van der Waals surface area contributed by atoms with Gasteiger partial charge in [-0.2, -0.15) is 13.2 Å². The molecule has 3 aliphatic rings. The van der Waals surface area contributed by atoms with Crippen LogP contribution in [0.25, 0.3) is 0 Å². The molecule has 1 heterocycles. The molecule has 3 fully saturated rings. The van der Waals surface area contributed by atoms with E-state index in [4.69, 9.17) is 0 Å². The van der Waals surface area contributed by atoms with Gasteiger partial charge in [-0.15, -0.1) is 0 Å². The SMILES string of the molecule is Cc1cc(C(F)(F)F)ccc1C1CCC2(C1)CN(C(=O)[C@H]1C[C@@](C)(O)C1)C2. The number of carbonyl (C=O) groups excluding carboxylic acids is 1. The third-order valence-corrected chi connectivity index (χ3v) is 6.83. The second-order valence-electron chi connectivity index (χ2n) is 9.31. The minimum atomic E-state index is -4.30. The third kappa shape index (κ3) is 3.37. The number of amides is 1. The summed E-state index contributed by atoms with van der Waals surface area (Å²) < 4.78 is 38.6. The lowest BCUT2D eigenvalue weighted by Crippen LogP contribution is -2.61. The largest absolute Gasteiger partial charge is 0.416 e. The number of hydrogen-bond donors (Lipinski definition) is 1. The van der Waals surface area contributed by atoms with Gasteiger partial charge in [0.05, 0.1) is 11.2 Å². The second-order valence-corrected chi connectivity index (χ2v) is 9.31. The fourth-order valence-corrected chi connectivity index (χ4v) is 5.42. The predicted molar refractivity (Wildman–Crippen MR) is 95.1 cm³/mol. The number of aryl methyl sites for hydroxylation is 1. The van der Waals surface area contributed by atoms with Crippen molar-refractivity contribution < 1.29 is 23.1 Å². The van der Waals surface area contributed by atoms with Gasteiger partial charge in [0, 0.05) is 24.4 Å². The van der Waals surface area contributed by atoms with Gasteiger partial charge in [0.25, 0.3) is 0 Å². The lowest BCUT2D eigenvalue weighted by Gasteiger charge is -2.52. The number of nitrogens with zero attached hydrogens (tertiary/aromatic N) is 1. The maximum atomic E-state index is 12.9. The summed E-state index contributed by atoms with van der Waals surface area (Å²) in [6.07, 6.45) is -0.297. The molecule has 148 valence electrons. The van der Waals surface area contributed by atoms with Crippen molar-refractivity contribution in [2.45, 2.75) is 63.6 Å². The van der Waals surface area contributed by atoms with Gasteiger partial charge in [0.2, 0.25) is 5.91 Å². The molecule has 4 rings (SSSR count). The van der Waals surface area contributed by atoms with Crippen molar-refractivity contribution in [3.63, 3.8) is 0 Å². The van der Waals surface area contributed by atoms with E-state index in [1.807, 2.05) is 4.90 Å². The molecule has 1 amide bonds. The van der Waals surface area contributed by atoms with Crippen LogP contribution in [-0.2, 0) is 11.0 Å². The van der Waals surface area contributed by atoms with E-state index in [9.17, 15) is 23.1 Å². The Bertz CT molecular complexity index is 757. The summed E-state index contributed by atoms with van der Waals surface area (Å²) in [5, 5.41) is 9.83. The number of hydrogen-bond acceptors (Lipinski definition) is 2. The first-order valence-corrected chi connectivity index (χ1v) is 9.67. The van der Waals surface area contributed by atoms with E-state index in [2.05, 4.69) is 0 Å². The number of likely N-dealkylation sites (tertiary alicyclic amines) is 1. The zero-order chi connectivity index (χ0) is 19.6. The lowest BCUT2D eigenvalue weighted by molar-refractivity contribution is -0.161. The van der Waals surface area contributed by atoms with Crippen LogP contribution in [0, 0.1) is 18.3 Å². The molecule has 1 atom stereocenters. The Kier molecular flexibility index (Phi) is 4.15. The normalized spacial score (nSPS) is 32.3. The van der Waals surface area contributed by atoms with Gasteiger partial charge in [0.1, 0.15) is 0 Å². The van der Waals surface area contributed by atoms with Crippen LogP contribution in [0.4, 0.5) is 13.2 Å². The van der Waals surface area contributed by atoms with Crippen molar-refractivity contribution in [1.29, 1.82) is 0 Å². The Labute approximate surface area is 157 Å². The van der Waals surface area contributed by atoms with Crippen molar-refractivity contribution in [2.24, 2.45) is 11.3 Å². The first-order valence-electron chi connectivity index (χ1n) is 9.67. The van der Waals surface area contributed by atoms with E-state index in [1.54, 1.807) is 19.9 Å². The van der Waals surface area contributed by atoms with E-state index in [0.717, 1.165) is 37.9 Å². The topological polar surface area (TPSA) is 40.5 Å². The average molecular weight is 381 g/mol. The molecule has 1 unspecified atom stereocenters. The summed E-state index contributed by atoms with van der Waals surface area (Å²) in [5.41, 5.74) is 0.562. The first-order chi connectivity index (χ1) is 12.5. The second kappa shape index (κ2) is 5.97. The molecule has 0 bridgehead atoms. The first kappa shape index (κ1) is 18.8. The number of rotatable bonds is 2. The molecule has 1 aliphatic heterocycles. The number of aliphatic hydroxyl groups is 1. The Morgan fingerprint density at radius 1 is 1.22 bits per heavy atom. The Morgan fingerprint density at radius 3 is 2.44 bits per heavy atom.